The molecule has 0 aromatic rings. The molecule has 18 heavy (non-hydrogen) atoms. The van der Waals surface area contributed by atoms with E-state index < -0.39 is 5.60 Å². The van der Waals surface area contributed by atoms with Crippen LogP contribution < -0.4 is 5.43 Å². The van der Waals surface area contributed by atoms with Crippen LogP contribution in [0.25, 0.3) is 0 Å². The third-order valence-corrected chi connectivity index (χ3v) is 3.14. The van der Waals surface area contributed by atoms with Gasteiger partial charge in [0.1, 0.15) is 5.60 Å². The second-order valence-electron chi connectivity index (χ2n) is 6.41. The first-order chi connectivity index (χ1) is 8.29. The monoisotopic (exact) mass is 256 g/mol. The molecule has 0 aromatic carbocycles. The summed E-state index contributed by atoms with van der Waals surface area (Å²) in [5.74, 6) is 0. The maximum atomic E-state index is 11.8. The highest BCUT2D eigenvalue weighted by Crippen LogP contribution is 2.23. The molecule has 4 nitrogen and oxygen atoms in total. The number of hydrazine groups is 1. The van der Waals surface area contributed by atoms with Crippen LogP contribution in [0.4, 0.5) is 4.79 Å². The largest absolute Gasteiger partial charge is 0.443 e. The number of nitrogens with zero attached hydrogens (tertiary/aromatic N) is 1. The first kappa shape index (κ1) is 15.3. The van der Waals surface area contributed by atoms with Crippen molar-refractivity contribution >= 4 is 6.09 Å². The van der Waals surface area contributed by atoms with Gasteiger partial charge in [0.05, 0.1) is 0 Å². The van der Waals surface area contributed by atoms with E-state index in [0.29, 0.717) is 12.1 Å². The summed E-state index contributed by atoms with van der Waals surface area (Å²) < 4.78 is 5.32. The van der Waals surface area contributed by atoms with Gasteiger partial charge < -0.3 is 4.74 Å². The van der Waals surface area contributed by atoms with Gasteiger partial charge in [0.15, 0.2) is 0 Å². The molecule has 1 saturated carbocycles. The highest BCUT2D eigenvalue weighted by Gasteiger charge is 2.26. The fourth-order valence-electron chi connectivity index (χ4n) is 2.41. The maximum absolute atomic E-state index is 11.8. The van der Waals surface area contributed by atoms with E-state index in [1.165, 1.54) is 19.3 Å². The van der Waals surface area contributed by atoms with Crippen molar-refractivity contribution in [3.8, 4) is 0 Å². The summed E-state index contributed by atoms with van der Waals surface area (Å²) >= 11 is 0. The zero-order valence-corrected chi connectivity index (χ0v) is 12.5. The average molecular weight is 256 g/mol. The molecule has 0 bridgehead atoms. The SMILES string of the molecule is CC(C)N(NC(=O)OC(C)(C)C)C1CCCCC1. The Kier molecular flexibility index (Phi) is 5.45. The van der Waals surface area contributed by atoms with Crippen molar-refractivity contribution in [3.05, 3.63) is 0 Å². The predicted octanol–water partition coefficient (Wildman–Crippen LogP) is 3.47. The molecular weight excluding hydrogens is 228 g/mol. The van der Waals surface area contributed by atoms with E-state index in [0.717, 1.165) is 12.8 Å². The molecule has 0 unspecified atom stereocenters. The summed E-state index contributed by atoms with van der Waals surface area (Å²) in [5.41, 5.74) is 2.47. The minimum Gasteiger partial charge on any atom is -0.443 e. The molecule has 0 aliphatic heterocycles. The summed E-state index contributed by atoms with van der Waals surface area (Å²) in [5, 5.41) is 2.06. The zero-order chi connectivity index (χ0) is 13.8. The van der Waals surface area contributed by atoms with Gasteiger partial charge in [-0.15, -0.1) is 0 Å². The molecule has 0 spiro atoms. The van der Waals surface area contributed by atoms with Crippen molar-refractivity contribution in [2.24, 2.45) is 0 Å². The lowest BCUT2D eigenvalue weighted by atomic mass is 9.94. The van der Waals surface area contributed by atoms with Crippen molar-refractivity contribution in [3.63, 3.8) is 0 Å². The number of hydrogen-bond donors (Lipinski definition) is 1. The molecule has 4 heteroatoms. The van der Waals surface area contributed by atoms with Gasteiger partial charge in [0, 0.05) is 12.1 Å². The molecule has 1 rings (SSSR count). The number of hydrogen-bond acceptors (Lipinski definition) is 3. The van der Waals surface area contributed by atoms with Crippen molar-refractivity contribution < 1.29 is 9.53 Å². The van der Waals surface area contributed by atoms with Gasteiger partial charge in [-0.3, -0.25) is 5.43 Å². The van der Waals surface area contributed by atoms with E-state index in [9.17, 15) is 4.79 Å². The van der Waals surface area contributed by atoms with Crippen LogP contribution in [0.5, 0.6) is 0 Å². The summed E-state index contributed by atoms with van der Waals surface area (Å²) in [6.45, 7) is 9.85. The Morgan fingerprint density at radius 2 is 1.78 bits per heavy atom. The third-order valence-electron chi connectivity index (χ3n) is 3.14. The van der Waals surface area contributed by atoms with Gasteiger partial charge in [0.2, 0.25) is 0 Å². The number of amides is 1. The Balaban J connectivity index is 2.54. The van der Waals surface area contributed by atoms with Crippen molar-refractivity contribution in [2.75, 3.05) is 0 Å². The molecule has 1 aliphatic rings. The molecule has 1 N–H and O–H groups in total. The maximum Gasteiger partial charge on any atom is 0.422 e. The van der Waals surface area contributed by atoms with Crippen LogP contribution in [0.3, 0.4) is 0 Å². The normalized spacial score (nSPS) is 18.2. The van der Waals surface area contributed by atoms with Crippen LogP contribution in [-0.2, 0) is 4.74 Å². The lowest BCUT2D eigenvalue weighted by molar-refractivity contribution is 0.00900. The second-order valence-corrected chi connectivity index (χ2v) is 6.41. The molecule has 1 amide bonds. The van der Waals surface area contributed by atoms with Gasteiger partial charge in [-0.2, -0.15) is 0 Å². The van der Waals surface area contributed by atoms with E-state index in [2.05, 4.69) is 24.3 Å². The lowest BCUT2D eigenvalue weighted by Gasteiger charge is -2.37. The number of rotatable bonds is 3. The van der Waals surface area contributed by atoms with Crippen LogP contribution in [-0.4, -0.2) is 28.8 Å². The first-order valence-corrected chi connectivity index (χ1v) is 7.07. The molecule has 1 aliphatic carbocycles. The molecule has 0 radical (unpaired) electrons. The van der Waals surface area contributed by atoms with Crippen LogP contribution in [0, 0.1) is 0 Å². The van der Waals surface area contributed by atoms with E-state index in [1.807, 2.05) is 20.8 Å². The number of carbonyl (C=O) groups excluding carboxylic acids is 1. The van der Waals surface area contributed by atoms with Gasteiger partial charge in [-0.1, -0.05) is 19.3 Å². The quantitative estimate of drug-likeness (QED) is 0.786. The first-order valence-electron chi connectivity index (χ1n) is 7.07. The minimum absolute atomic E-state index is 0.292. The number of nitrogens with one attached hydrogen (secondary N) is 1. The smallest absolute Gasteiger partial charge is 0.422 e. The fraction of sp³-hybridized carbons (Fsp3) is 0.929. The summed E-state index contributed by atoms with van der Waals surface area (Å²) in [7, 11) is 0. The minimum atomic E-state index is -0.445. The fourth-order valence-corrected chi connectivity index (χ4v) is 2.41. The van der Waals surface area contributed by atoms with Gasteiger partial charge in [0.25, 0.3) is 0 Å². The summed E-state index contributed by atoms with van der Waals surface area (Å²) in [6, 6.07) is 0.742. The van der Waals surface area contributed by atoms with Crippen molar-refractivity contribution in [1.82, 2.24) is 10.4 Å². The van der Waals surface area contributed by atoms with Crippen LogP contribution in [0.2, 0.25) is 0 Å². The predicted molar refractivity (Wildman–Crippen MR) is 73.2 cm³/mol. The number of ether oxygens (including phenoxy) is 1. The van der Waals surface area contributed by atoms with Crippen LogP contribution in [0.1, 0.15) is 66.7 Å². The van der Waals surface area contributed by atoms with Crippen LogP contribution >= 0.6 is 0 Å². The van der Waals surface area contributed by atoms with Gasteiger partial charge in [-0.05, 0) is 47.5 Å². The van der Waals surface area contributed by atoms with Crippen molar-refractivity contribution in [1.29, 1.82) is 0 Å². The van der Waals surface area contributed by atoms with Gasteiger partial charge >= 0.3 is 6.09 Å². The Morgan fingerprint density at radius 1 is 1.22 bits per heavy atom. The van der Waals surface area contributed by atoms with E-state index in [-0.39, 0.29) is 6.09 Å². The molecule has 0 atom stereocenters. The number of carbonyl (C=O) groups is 1. The van der Waals surface area contributed by atoms with Crippen molar-refractivity contribution in [2.45, 2.75) is 84.4 Å². The molecule has 0 aromatic heterocycles. The molecule has 0 heterocycles. The zero-order valence-electron chi connectivity index (χ0n) is 12.5. The van der Waals surface area contributed by atoms with Crippen LogP contribution in [0.15, 0.2) is 0 Å². The molecule has 0 saturated heterocycles. The Hall–Kier alpha value is -0.770. The average Bonchev–Trinajstić information content (AvgIpc) is 2.24. The third kappa shape index (κ3) is 5.25. The lowest BCUT2D eigenvalue weighted by Crippen LogP contribution is -2.53. The van der Waals surface area contributed by atoms with Gasteiger partial charge in [-0.25, -0.2) is 9.80 Å². The highest BCUT2D eigenvalue weighted by molar-refractivity contribution is 5.67. The van der Waals surface area contributed by atoms with E-state index >= 15 is 0 Å². The molecule has 106 valence electrons. The van der Waals surface area contributed by atoms with E-state index in [1.54, 1.807) is 0 Å². The molecule has 1 fully saturated rings. The summed E-state index contributed by atoms with van der Waals surface area (Å²) in [6.07, 6.45) is 5.80. The highest BCUT2D eigenvalue weighted by atomic mass is 16.6. The molecular formula is C14H28N2O2. The second kappa shape index (κ2) is 6.41. The van der Waals surface area contributed by atoms with E-state index in [4.69, 9.17) is 4.74 Å². The summed E-state index contributed by atoms with van der Waals surface area (Å²) in [4.78, 5) is 11.8. The Morgan fingerprint density at radius 3 is 2.22 bits per heavy atom. The topological polar surface area (TPSA) is 41.6 Å². The Bertz CT molecular complexity index is 265. The Labute approximate surface area is 111 Å². The standard InChI is InChI=1S/C14H28N2O2/c1-11(2)16(12-9-7-6-8-10-12)15-13(17)18-14(3,4)5/h11-12H,6-10H2,1-5H3,(H,15,17).